The quantitative estimate of drug-likeness (QED) is 0.374. The number of nitrogens with zero attached hydrogens (tertiary/aromatic N) is 1. The predicted octanol–water partition coefficient (Wildman–Crippen LogP) is 0.945. The smallest absolute Gasteiger partial charge is 0.234 e. The van der Waals surface area contributed by atoms with Gasteiger partial charge >= 0.3 is 0 Å². The first kappa shape index (κ1) is 21.7. The molecular weight excluding hydrogens is 378 g/mol. The van der Waals surface area contributed by atoms with Crippen LogP contribution >= 0.6 is 0 Å². The minimum absolute atomic E-state index is 0.105. The van der Waals surface area contributed by atoms with Gasteiger partial charge in [0.15, 0.2) is 0 Å². The van der Waals surface area contributed by atoms with E-state index in [2.05, 4.69) is 41.0 Å². The van der Waals surface area contributed by atoms with Gasteiger partial charge in [-0.3, -0.25) is 14.5 Å². The van der Waals surface area contributed by atoms with Gasteiger partial charge in [0.2, 0.25) is 11.8 Å². The number of nitrogens with two attached hydrogens (primary N) is 2. The van der Waals surface area contributed by atoms with Gasteiger partial charge in [0.1, 0.15) is 0 Å². The summed E-state index contributed by atoms with van der Waals surface area (Å²) in [5.41, 5.74) is 12.1. The van der Waals surface area contributed by atoms with Crippen LogP contribution in [0.2, 0.25) is 0 Å². The summed E-state index contributed by atoms with van der Waals surface area (Å²) in [6.07, 6.45) is 0. The standard InChI is InChI=1S/C23H29N5O2/c24-9-11-26-22(29)15-28(16-23(30)27-12-10-25)14-21-19-7-3-1-5-17(19)13-18-6-2-4-8-20(18)21/h1-8,13H,9-12,14-16,24-25H2,(H,26,29)(H,27,30). The van der Waals surface area contributed by atoms with Crippen molar-refractivity contribution in [1.29, 1.82) is 0 Å². The molecule has 30 heavy (non-hydrogen) atoms. The minimum atomic E-state index is -0.156. The van der Waals surface area contributed by atoms with Crippen LogP contribution in [0, 0.1) is 0 Å². The largest absolute Gasteiger partial charge is 0.354 e. The highest BCUT2D eigenvalue weighted by atomic mass is 16.2. The number of benzene rings is 3. The molecule has 0 heterocycles. The van der Waals surface area contributed by atoms with Gasteiger partial charge in [0.25, 0.3) is 0 Å². The fraction of sp³-hybridized carbons (Fsp3) is 0.304. The molecular formula is C23H29N5O2. The molecule has 0 spiro atoms. The van der Waals surface area contributed by atoms with Crippen molar-refractivity contribution >= 4 is 33.4 Å². The van der Waals surface area contributed by atoms with Crippen molar-refractivity contribution in [3.63, 3.8) is 0 Å². The van der Waals surface area contributed by atoms with Crippen LogP contribution < -0.4 is 22.1 Å². The fourth-order valence-electron chi connectivity index (χ4n) is 3.61. The lowest BCUT2D eigenvalue weighted by molar-refractivity contribution is -0.125. The maximum absolute atomic E-state index is 12.4. The molecule has 158 valence electrons. The maximum atomic E-state index is 12.4. The Bertz CT molecular complexity index is 945. The van der Waals surface area contributed by atoms with E-state index in [1.165, 1.54) is 0 Å². The Morgan fingerprint density at radius 2 is 1.23 bits per heavy atom. The molecule has 7 nitrogen and oxygen atoms in total. The zero-order chi connectivity index (χ0) is 21.3. The van der Waals surface area contributed by atoms with Crippen LogP contribution in [0.5, 0.6) is 0 Å². The van der Waals surface area contributed by atoms with Gasteiger partial charge in [-0.1, -0.05) is 48.5 Å². The first-order valence-electron chi connectivity index (χ1n) is 10.2. The number of rotatable bonds is 10. The number of hydrogen-bond acceptors (Lipinski definition) is 5. The zero-order valence-corrected chi connectivity index (χ0v) is 17.1. The molecule has 0 saturated heterocycles. The molecule has 0 bridgehead atoms. The summed E-state index contributed by atoms with van der Waals surface area (Å²) >= 11 is 0. The van der Waals surface area contributed by atoms with E-state index in [0.717, 1.165) is 27.1 Å². The number of fused-ring (bicyclic) bond motifs is 2. The van der Waals surface area contributed by atoms with E-state index in [1.807, 2.05) is 29.2 Å². The molecule has 0 fully saturated rings. The van der Waals surface area contributed by atoms with Crippen molar-refractivity contribution in [3.05, 3.63) is 60.2 Å². The lowest BCUT2D eigenvalue weighted by Gasteiger charge is -2.23. The molecule has 0 saturated carbocycles. The number of nitrogens with one attached hydrogen (secondary N) is 2. The van der Waals surface area contributed by atoms with E-state index < -0.39 is 0 Å². The first-order valence-corrected chi connectivity index (χ1v) is 10.2. The monoisotopic (exact) mass is 407 g/mol. The highest BCUT2D eigenvalue weighted by molar-refractivity contribution is 6.02. The lowest BCUT2D eigenvalue weighted by Crippen LogP contribution is -2.44. The number of carbonyl (C=O) groups is 2. The Morgan fingerprint density at radius 3 is 1.70 bits per heavy atom. The van der Waals surface area contributed by atoms with Crippen molar-refractivity contribution < 1.29 is 9.59 Å². The molecule has 2 amide bonds. The van der Waals surface area contributed by atoms with E-state index in [0.29, 0.717) is 32.7 Å². The zero-order valence-electron chi connectivity index (χ0n) is 17.1. The summed E-state index contributed by atoms with van der Waals surface area (Å²) in [6, 6.07) is 18.5. The molecule has 6 N–H and O–H groups in total. The molecule has 0 unspecified atom stereocenters. The third-order valence-electron chi connectivity index (χ3n) is 4.93. The molecule has 0 radical (unpaired) electrons. The second kappa shape index (κ2) is 10.7. The van der Waals surface area contributed by atoms with Crippen molar-refractivity contribution in [2.24, 2.45) is 11.5 Å². The summed E-state index contributed by atoms with van der Waals surface area (Å²) in [6.45, 7) is 2.23. The van der Waals surface area contributed by atoms with Crippen LogP contribution in [-0.2, 0) is 16.1 Å². The molecule has 0 aliphatic heterocycles. The van der Waals surface area contributed by atoms with Gasteiger partial charge in [-0.2, -0.15) is 0 Å². The molecule has 3 aromatic rings. The van der Waals surface area contributed by atoms with Crippen LogP contribution in [0.4, 0.5) is 0 Å². The summed E-state index contributed by atoms with van der Waals surface area (Å²) in [5.74, 6) is -0.312. The van der Waals surface area contributed by atoms with Gasteiger partial charge in [-0.05, 0) is 33.2 Å². The average Bonchev–Trinajstić information content (AvgIpc) is 2.76. The lowest BCUT2D eigenvalue weighted by atomic mass is 9.96. The normalized spacial score (nSPS) is 11.2. The fourth-order valence-corrected chi connectivity index (χ4v) is 3.61. The minimum Gasteiger partial charge on any atom is -0.354 e. The van der Waals surface area contributed by atoms with E-state index in [-0.39, 0.29) is 24.9 Å². The molecule has 0 atom stereocenters. The number of hydrogen-bond donors (Lipinski definition) is 4. The molecule has 3 aromatic carbocycles. The third-order valence-corrected chi connectivity index (χ3v) is 4.93. The molecule has 7 heteroatoms. The van der Waals surface area contributed by atoms with Crippen molar-refractivity contribution in [2.75, 3.05) is 39.3 Å². The topological polar surface area (TPSA) is 113 Å². The Hall–Kier alpha value is -3.00. The molecule has 0 aliphatic carbocycles. The van der Waals surface area contributed by atoms with Gasteiger partial charge in [-0.15, -0.1) is 0 Å². The summed E-state index contributed by atoms with van der Waals surface area (Å²) < 4.78 is 0. The van der Waals surface area contributed by atoms with E-state index >= 15 is 0 Å². The van der Waals surface area contributed by atoms with Crippen LogP contribution in [0.25, 0.3) is 21.5 Å². The molecule has 3 rings (SSSR count). The van der Waals surface area contributed by atoms with E-state index in [1.54, 1.807) is 0 Å². The summed E-state index contributed by atoms with van der Waals surface area (Å²) in [4.78, 5) is 26.6. The Balaban J connectivity index is 1.94. The third kappa shape index (κ3) is 5.54. The van der Waals surface area contributed by atoms with Crippen LogP contribution in [0.15, 0.2) is 54.6 Å². The van der Waals surface area contributed by atoms with Crippen LogP contribution in [-0.4, -0.2) is 56.0 Å². The van der Waals surface area contributed by atoms with Crippen molar-refractivity contribution in [3.8, 4) is 0 Å². The predicted molar refractivity (Wildman–Crippen MR) is 121 cm³/mol. The highest BCUT2D eigenvalue weighted by Gasteiger charge is 2.17. The number of amides is 2. The molecule has 0 aromatic heterocycles. The average molecular weight is 408 g/mol. The SMILES string of the molecule is NCCNC(=O)CN(CC(=O)NCCN)Cc1c2ccccc2cc2ccccc12. The van der Waals surface area contributed by atoms with Gasteiger partial charge < -0.3 is 22.1 Å². The van der Waals surface area contributed by atoms with Gasteiger partial charge in [0.05, 0.1) is 13.1 Å². The number of carbonyl (C=O) groups excluding carboxylic acids is 2. The van der Waals surface area contributed by atoms with Gasteiger partial charge in [-0.25, -0.2) is 0 Å². The Labute approximate surface area is 176 Å². The maximum Gasteiger partial charge on any atom is 0.234 e. The molecule has 0 aliphatic rings. The van der Waals surface area contributed by atoms with Crippen molar-refractivity contribution in [1.82, 2.24) is 15.5 Å². The van der Waals surface area contributed by atoms with Crippen LogP contribution in [0.1, 0.15) is 5.56 Å². The summed E-state index contributed by atoms with van der Waals surface area (Å²) in [5, 5.41) is 10.1. The second-order valence-corrected chi connectivity index (χ2v) is 7.22. The Kier molecular flexibility index (Phi) is 7.73. The van der Waals surface area contributed by atoms with Crippen molar-refractivity contribution in [2.45, 2.75) is 6.54 Å². The van der Waals surface area contributed by atoms with E-state index in [9.17, 15) is 9.59 Å². The van der Waals surface area contributed by atoms with Crippen LogP contribution in [0.3, 0.4) is 0 Å². The Morgan fingerprint density at radius 1 is 0.767 bits per heavy atom. The first-order chi connectivity index (χ1) is 14.6. The van der Waals surface area contributed by atoms with E-state index in [4.69, 9.17) is 11.5 Å². The summed E-state index contributed by atoms with van der Waals surface area (Å²) in [7, 11) is 0. The second-order valence-electron chi connectivity index (χ2n) is 7.22. The highest BCUT2D eigenvalue weighted by Crippen LogP contribution is 2.29. The van der Waals surface area contributed by atoms with Gasteiger partial charge in [0, 0.05) is 32.7 Å².